The van der Waals surface area contributed by atoms with Crippen LogP contribution in [-0.4, -0.2) is 48.3 Å². The second kappa shape index (κ2) is 10.7. The average molecular weight is 514 g/mol. The highest BCUT2D eigenvalue weighted by Crippen LogP contribution is 2.42. The number of alkyl halides is 2. The fourth-order valence-electron chi connectivity index (χ4n) is 4.55. The van der Waals surface area contributed by atoms with Gasteiger partial charge in [0.05, 0.1) is 11.7 Å². The number of para-hydroxylation sites is 1. The van der Waals surface area contributed by atoms with Crippen LogP contribution in [0.15, 0.2) is 66.9 Å². The van der Waals surface area contributed by atoms with Gasteiger partial charge in [-0.2, -0.15) is 0 Å². The van der Waals surface area contributed by atoms with E-state index in [1.807, 2.05) is 0 Å². The fourth-order valence-corrected chi connectivity index (χ4v) is 4.55. The first kappa shape index (κ1) is 24.9. The molecule has 1 atom stereocenters. The van der Waals surface area contributed by atoms with Crippen LogP contribution < -0.4 is 19.5 Å². The zero-order valence-electron chi connectivity index (χ0n) is 19.9. The molecule has 3 aromatic rings. The van der Waals surface area contributed by atoms with Gasteiger partial charge in [0, 0.05) is 18.7 Å². The van der Waals surface area contributed by atoms with Crippen molar-refractivity contribution in [2.75, 3.05) is 26.2 Å². The number of pyridine rings is 1. The molecule has 2 aliphatic heterocycles. The second-order valence-electron chi connectivity index (χ2n) is 8.96. The van der Waals surface area contributed by atoms with Crippen LogP contribution in [0.2, 0.25) is 0 Å². The van der Waals surface area contributed by atoms with E-state index < -0.39 is 18.2 Å². The molecule has 1 amide bonds. The first-order valence-electron chi connectivity index (χ1n) is 12.1. The van der Waals surface area contributed by atoms with E-state index in [-0.39, 0.29) is 29.1 Å². The predicted molar refractivity (Wildman–Crippen MR) is 128 cm³/mol. The Morgan fingerprint density at radius 1 is 1.08 bits per heavy atom. The molecule has 1 saturated heterocycles. The Kier molecular flexibility index (Phi) is 7.18. The third-order valence-electron chi connectivity index (χ3n) is 6.49. The number of halogens is 3. The summed E-state index contributed by atoms with van der Waals surface area (Å²) in [6.45, 7) is 2.38. The molecular weight excluding hydrogens is 487 g/mol. The van der Waals surface area contributed by atoms with Gasteiger partial charge < -0.3 is 19.5 Å². The van der Waals surface area contributed by atoms with Gasteiger partial charge in [-0.15, -0.1) is 8.78 Å². The summed E-state index contributed by atoms with van der Waals surface area (Å²) in [7, 11) is 0. The molecule has 1 fully saturated rings. The smallest absolute Gasteiger partial charge is 0.489 e. The number of carbonyl (C=O) groups is 1. The third-order valence-corrected chi connectivity index (χ3v) is 6.49. The highest BCUT2D eigenvalue weighted by atomic mass is 19.3. The van der Waals surface area contributed by atoms with Gasteiger partial charge in [-0.1, -0.05) is 24.3 Å². The minimum absolute atomic E-state index is 0.0637. The number of amides is 1. The molecule has 0 aliphatic carbocycles. The standard InChI is InChI=1S/C27H26F3N3O4/c28-20-5-1-2-7-22(20)35-16-15-33-13-10-18(11-14-33)26(34)32-25(21-6-3-4-12-31-21)19-8-9-23-24(17-19)37-27(29,30)36-23/h1-9,12,17-18,25H,10-11,13-16H2,(H,32,34). The van der Waals surface area contributed by atoms with Crippen LogP contribution in [0, 0.1) is 11.7 Å². The highest BCUT2D eigenvalue weighted by molar-refractivity contribution is 5.79. The van der Waals surface area contributed by atoms with Gasteiger partial charge in [-0.25, -0.2) is 4.39 Å². The Morgan fingerprint density at radius 2 is 1.84 bits per heavy atom. The molecule has 2 aromatic carbocycles. The fraction of sp³-hybridized carbons (Fsp3) is 0.333. The van der Waals surface area contributed by atoms with E-state index in [0.29, 0.717) is 50.3 Å². The van der Waals surface area contributed by atoms with Crippen LogP contribution in [0.1, 0.15) is 30.1 Å². The van der Waals surface area contributed by atoms with Crippen molar-refractivity contribution in [1.82, 2.24) is 15.2 Å². The lowest BCUT2D eigenvalue weighted by Gasteiger charge is -2.32. The number of nitrogens with zero attached hydrogens (tertiary/aromatic N) is 2. The van der Waals surface area contributed by atoms with Crippen molar-refractivity contribution in [3.8, 4) is 17.2 Å². The molecule has 0 spiro atoms. The Hall–Kier alpha value is -3.79. The van der Waals surface area contributed by atoms with Gasteiger partial charge in [0.15, 0.2) is 23.1 Å². The molecule has 0 radical (unpaired) electrons. The number of piperidine rings is 1. The molecule has 0 bridgehead atoms. The lowest BCUT2D eigenvalue weighted by molar-refractivity contribution is -0.286. The monoisotopic (exact) mass is 513 g/mol. The molecule has 1 N–H and O–H groups in total. The number of ether oxygens (including phenoxy) is 3. The maximum absolute atomic E-state index is 13.7. The lowest BCUT2D eigenvalue weighted by atomic mass is 9.94. The lowest BCUT2D eigenvalue weighted by Crippen LogP contribution is -2.43. The summed E-state index contributed by atoms with van der Waals surface area (Å²) in [5.74, 6) is -0.676. The van der Waals surface area contributed by atoms with Gasteiger partial charge in [0.1, 0.15) is 6.61 Å². The van der Waals surface area contributed by atoms with Crippen LogP contribution in [0.25, 0.3) is 0 Å². The number of likely N-dealkylation sites (tertiary alicyclic amines) is 1. The highest BCUT2D eigenvalue weighted by Gasteiger charge is 2.43. The average Bonchev–Trinajstić information content (AvgIpc) is 3.22. The Balaban J connectivity index is 1.19. The van der Waals surface area contributed by atoms with Gasteiger partial charge in [-0.05, 0) is 67.9 Å². The minimum atomic E-state index is -3.72. The van der Waals surface area contributed by atoms with Crippen molar-refractivity contribution >= 4 is 5.91 Å². The third kappa shape index (κ3) is 5.96. The first-order valence-corrected chi connectivity index (χ1v) is 12.1. The zero-order valence-corrected chi connectivity index (χ0v) is 19.9. The van der Waals surface area contributed by atoms with Crippen molar-refractivity contribution < 1.29 is 32.2 Å². The summed E-state index contributed by atoms with van der Waals surface area (Å²) >= 11 is 0. The van der Waals surface area contributed by atoms with Crippen LogP contribution >= 0.6 is 0 Å². The van der Waals surface area contributed by atoms with Gasteiger partial charge >= 0.3 is 6.29 Å². The van der Waals surface area contributed by atoms with Crippen molar-refractivity contribution in [2.24, 2.45) is 5.92 Å². The molecular formula is C27H26F3N3O4. The summed E-state index contributed by atoms with van der Waals surface area (Å²) < 4.78 is 55.3. The largest absolute Gasteiger partial charge is 0.586 e. The number of benzene rings is 2. The van der Waals surface area contributed by atoms with E-state index in [9.17, 15) is 18.0 Å². The Bertz CT molecular complexity index is 1240. The number of fused-ring (bicyclic) bond motifs is 1. The summed E-state index contributed by atoms with van der Waals surface area (Å²) in [6.07, 6.45) is -0.821. The number of aromatic nitrogens is 1. The summed E-state index contributed by atoms with van der Waals surface area (Å²) in [5.41, 5.74) is 1.12. The Labute approximate surface area is 212 Å². The number of hydrogen-bond donors (Lipinski definition) is 1. The molecule has 3 heterocycles. The van der Waals surface area contributed by atoms with Gasteiger partial charge in [0.2, 0.25) is 5.91 Å². The van der Waals surface area contributed by atoms with Crippen molar-refractivity contribution in [2.45, 2.75) is 25.2 Å². The van der Waals surface area contributed by atoms with E-state index >= 15 is 0 Å². The summed E-state index contributed by atoms with van der Waals surface area (Å²) in [5, 5.41) is 3.05. The van der Waals surface area contributed by atoms with E-state index in [1.165, 1.54) is 18.2 Å². The molecule has 1 unspecified atom stereocenters. The summed E-state index contributed by atoms with van der Waals surface area (Å²) in [6, 6.07) is 15.4. The SMILES string of the molecule is O=C(NC(c1ccc2c(c1)OC(F)(F)O2)c1ccccn1)C1CCN(CCOc2ccccc2F)CC1. The predicted octanol–water partition coefficient (Wildman–Crippen LogP) is 4.54. The van der Waals surface area contributed by atoms with Crippen LogP contribution in [-0.2, 0) is 4.79 Å². The number of rotatable bonds is 8. The molecule has 37 heavy (non-hydrogen) atoms. The van der Waals surface area contributed by atoms with Crippen molar-refractivity contribution in [3.63, 3.8) is 0 Å². The van der Waals surface area contributed by atoms with E-state index in [4.69, 9.17) is 4.74 Å². The first-order chi connectivity index (χ1) is 17.9. The number of hydrogen-bond acceptors (Lipinski definition) is 6. The molecule has 0 saturated carbocycles. The van der Waals surface area contributed by atoms with Gasteiger partial charge in [0.25, 0.3) is 0 Å². The Morgan fingerprint density at radius 3 is 2.59 bits per heavy atom. The number of carbonyl (C=O) groups excluding carboxylic acids is 1. The van der Waals surface area contributed by atoms with Gasteiger partial charge in [-0.3, -0.25) is 14.7 Å². The molecule has 10 heteroatoms. The molecule has 2 aliphatic rings. The van der Waals surface area contributed by atoms with Crippen LogP contribution in [0.3, 0.4) is 0 Å². The van der Waals surface area contributed by atoms with E-state index in [2.05, 4.69) is 24.7 Å². The van der Waals surface area contributed by atoms with Crippen LogP contribution in [0.4, 0.5) is 13.2 Å². The van der Waals surface area contributed by atoms with Crippen molar-refractivity contribution in [1.29, 1.82) is 0 Å². The van der Waals surface area contributed by atoms with Crippen molar-refractivity contribution in [3.05, 3.63) is 83.9 Å². The normalized spacial score (nSPS) is 17.8. The minimum Gasteiger partial charge on any atom is -0.489 e. The summed E-state index contributed by atoms with van der Waals surface area (Å²) in [4.78, 5) is 19.8. The molecule has 5 rings (SSSR count). The number of nitrogens with one attached hydrogen (secondary N) is 1. The van der Waals surface area contributed by atoms with Crippen LogP contribution in [0.5, 0.6) is 17.2 Å². The van der Waals surface area contributed by atoms with E-state index in [0.717, 1.165) is 0 Å². The maximum Gasteiger partial charge on any atom is 0.586 e. The molecule has 1 aromatic heterocycles. The molecule has 7 nitrogen and oxygen atoms in total. The quantitative estimate of drug-likeness (QED) is 0.477. The topological polar surface area (TPSA) is 72.9 Å². The zero-order chi connectivity index (χ0) is 25.8. The second-order valence-corrected chi connectivity index (χ2v) is 8.96. The molecule has 194 valence electrons. The van der Waals surface area contributed by atoms with E-state index in [1.54, 1.807) is 48.7 Å². The maximum atomic E-state index is 13.7.